The minimum absolute atomic E-state index is 0.110. The van der Waals surface area contributed by atoms with E-state index < -0.39 is 0 Å². The van der Waals surface area contributed by atoms with Gasteiger partial charge in [-0.3, -0.25) is 4.84 Å². The fourth-order valence-electron chi connectivity index (χ4n) is 2.05. The first-order chi connectivity index (χ1) is 10.2. The van der Waals surface area contributed by atoms with Crippen molar-refractivity contribution in [3.63, 3.8) is 0 Å². The zero-order chi connectivity index (χ0) is 15.1. The first kappa shape index (κ1) is 16.0. The molecule has 2 unspecified atom stereocenters. The Morgan fingerprint density at radius 3 is 2.33 bits per heavy atom. The second-order valence-corrected chi connectivity index (χ2v) is 5.68. The molecule has 0 heterocycles. The summed E-state index contributed by atoms with van der Waals surface area (Å²) in [4.78, 5) is 5.73. The Morgan fingerprint density at radius 2 is 1.71 bits per heavy atom. The van der Waals surface area contributed by atoms with Crippen molar-refractivity contribution < 1.29 is 4.84 Å². The molecule has 0 radical (unpaired) electrons. The standard InChI is InChI=1S/C18H22ClNO/c1-3-14(2)21-20-18(13-15-7-5-4-6-8-15)16-9-11-17(19)12-10-16/h4-12,14,18,20H,3,13H2,1-2H3. The summed E-state index contributed by atoms with van der Waals surface area (Å²) in [6, 6.07) is 18.4. The lowest BCUT2D eigenvalue weighted by molar-refractivity contribution is -0.0369. The van der Waals surface area contributed by atoms with E-state index in [9.17, 15) is 0 Å². The zero-order valence-corrected chi connectivity index (χ0v) is 13.3. The molecular formula is C18H22ClNO. The van der Waals surface area contributed by atoms with E-state index in [4.69, 9.17) is 16.4 Å². The van der Waals surface area contributed by atoms with Crippen LogP contribution in [0.1, 0.15) is 37.4 Å². The molecule has 112 valence electrons. The fourth-order valence-corrected chi connectivity index (χ4v) is 2.18. The van der Waals surface area contributed by atoms with Crippen molar-refractivity contribution in [3.05, 3.63) is 70.7 Å². The molecule has 0 aliphatic heterocycles. The number of hydrogen-bond acceptors (Lipinski definition) is 2. The Hall–Kier alpha value is -1.35. The van der Waals surface area contributed by atoms with E-state index in [2.05, 4.69) is 43.6 Å². The number of hydrogen-bond donors (Lipinski definition) is 1. The fraction of sp³-hybridized carbons (Fsp3) is 0.333. The minimum atomic E-state index is 0.110. The molecule has 0 aliphatic carbocycles. The molecule has 0 spiro atoms. The van der Waals surface area contributed by atoms with E-state index in [1.165, 1.54) is 11.1 Å². The molecule has 2 nitrogen and oxygen atoms in total. The molecule has 0 fully saturated rings. The van der Waals surface area contributed by atoms with Gasteiger partial charge in [0.1, 0.15) is 0 Å². The number of hydroxylamine groups is 1. The molecule has 0 saturated heterocycles. The quantitative estimate of drug-likeness (QED) is 0.731. The van der Waals surface area contributed by atoms with Crippen LogP contribution in [-0.4, -0.2) is 6.10 Å². The Balaban J connectivity index is 2.11. The third-order valence-electron chi connectivity index (χ3n) is 3.54. The monoisotopic (exact) mass is 303 g/mol. The molecule has 0 aliphatic rings. The molecule has 2 rings (SSSR count). The maximum Gasteiger partial charge on any atom is 0.0759 e. The Morgan fingerprint density at radius 1 is 1.05 bits per heavy atom. The molecule has 2 atom stereocenters. The summed E-state index contributed by atoms with van der Waals surface area (Å²) in [7, 11) is 0. The van der Waals surface area contributed by atoms with Gasteiger partial charge in [0.25, 0.3) is 0 Å². The molecule has 3 heteroatoms. The largest absolute Gasteiger partial charge is 0.298 e. The van der Waals surface area contributed by atoms with Crippen LogP contribution in [0.15, 0.2) is 54.6 Å². The van der Waals surface area contributed by atoms with Crippen LogP contribution in [0.25, 0.3) is 0 Å². The van der Waals surface area contributed by atoms with Crippen LogP contribution in [0, 0.1) is 0 Å². The Bertz CT molecular complexity index is 527. The predicted octanol–water partition coefficient (Wildman–Crippen LogP) is 4.94. The average Bonchev–Trinajstić information content (AvgIpc) is 2.53. The zero-order valence-electron chi connectivity index (χ0n) is 12.6. The van der Waals surface area contributed by atoms with Crippen LogP contribution in [0.4, 0.5) is 0 Å². The SMILES string of the molecule is CCC(C)ONC(Cc1ccccc1)c1ccc(Cl)cc1. The number of rotatable bonds is 7. The second-order valence-electron chi connectivity index (χ2n) is 5.25. The van der Waals surface area contributed by atoms with Crippen molar-refractivity contribution in [1.29, 1.82) is 0 Å². The van der Waals surface area contributed by atoms with Crippen molar-refractivity contribution in [2.45, 2.75) is 38.8 Å². The van der Waals surface area contributed by atoms with Crippen molar-refractivity contribution in [3.8, 4) is 0 Å². The summed E-state index contributed by atoms with van der Waals surface area (Å²) in [6.45, 7) is 4.18. The van der Waals surface area contributed by atoms with Gasteiger partial charge in [-0.15, -0.1) is 0 Å². The molecule has 0 aromatic heterocycles. The average molecular weight is 304 g/mol. The highest BCUT2D eigenvalue weighted by Gasteiger charge is 2.13. The highest BCUT2D eigenvalue weighted by atomic mass is 35.5. The van der Waals surface area contributed by atoms with Gasteiger partial charge >= 0.3 is 0 Å². The summed E-state index contributed by atoms with van der Waals surface area (Å²) < 4.78 is 0. The topological polar surface area (TPSA) is 21.3 Å². The van der Waals surface area contributed by atoms with Crippen LogP contribution in [0.2, 0.25) is 5.02 Å². The van der Waals surface area contributed by atoms with Crippen molar-refractivity contribution in [2.75, 3.05) is 0 Å². The highest BCUT2D eigenvalue weighted by molar-refractivity contribution is 6.30. The summed E-state index contributed by atoms with van der Waals surface area (Å²) in [5.41, 5.74) is 5.66. The van der Waals surface area contributed by atoms with E-state index in [1.54, 1.807) is 0 Å². The lowest BCUT2D eigenvalue weighted by atomic mass is 10.00. The Labute approximate surface area is 132 Å². The van der Waals surface area contributed by atoms with Crippen molar-refractivity contribution in [2.24, 2.45) is 0 Å². The lowest BCUT2D eigenvalue weighted by Crippen LogP contribution is -2.27. The van der Waals surface area contributed by atoms with Crippen LogP contribution in [-0.2, 0) is 11.3 Å². The van der Waals surface area contributed by atoms with Gasteiger partial charge in [-0.1, -0.05) is 61.0 Å². The van der Waals surface area contributed by atoms with Gasteiger partial charge in [0.05, 0.1) is 12.1 Å². The molecule has 2 aromatic rings. The Kier molecular flexibility index (Phi) is 6.24. The van der Waals surface area contributed by atoms with E-state index in [1.807, 2.05) is 30.3 Å². The van der Waals surface area contributed by atoms with E-state index in [0.29, 0.717) is 0 Å². The van der Waals surface area contributed by atoms with Crippen molar-refractivity contribution in [1.82, 2.24) is 5.48 Å². The third-order valence-corrected chi connectivity index (χ3v) is 3.79. The lowest BCUT2D eigenvalue weighted by Gasteiger charge is -2.21. The smallest absolute Gasteiger partial charge is 0.0759 e. The predicted molar refractivity (Wildman–Crippen MR) is 88.3 cm³/mol. The normalized spacial score (nSPS) is 13.9. The van der Waals surface area contributed by atoms with Gasteiger partial charge in [0.15, 0.2) is 0 Å². The van der Waals surface area contributed by atoms with E-state index in [0.717, 1.165) is 17.9 Å². The molecule has 2 aromatic carbocycles. The summed E-state index contributed by atoms with van der Waals surface area (Å²) in [6.07, 6.45) is 2.04. The van der Waals surface area contributed by atoms with E-state index in [-0.39, 0.29) is 12.1 Å². The first-order valence-electron chi connectivity index (χ1n) is 7.39. The number of benzene rings is 2. The number of nitrogens with one attached hydrogen (secondary N) is 1. The molecule has 0 saturated carbocycles. The highest BCUT2D eigenvalue weighted by Crippen LogP contribution is 2.21. The van der Waals surface area contributed by atoms with Gasteiger partial charge in [0.2, 0.25) is 0 Å². The molecule has 0 amide bonds. The van der Waals surface area contributed by atoms with Crippen molar-refractivity contribution >= 4 is 11.6 Å². The molecule has 1 N–H and O–H groups in total. The summed E-state index contributed by atoms with van der Waals surface area (Å²) >= 11 is 5.97. The van der Waals surface area contributed by atoms with Gasteiger partial charge in [0, 0.05) is 5.02 Å². The third kappa shape index (κ3) is 5.16. The molecule has 21 heavy (non-hydrogen) atoms. The number of halogens is 1. The van der Waals surface area contributed by atoms with Crippen LogP contribution in [0.3, 0.4) is 0 Å². The van der Waals surface area contributed by atoms with E-state index >= 15 is 0 Å². The van der Waals surface area contributed by atoms with Gasteiger partial charge in [-0.25, -0.2) is 0 Å². The molecular weight excluding hydrogens is 282 g/mol. The van der Waals surface area contributed by atoms with Crippen LogP contribution in [0.5, 0.6) is 0 Å². The van der Waals surface area contributed by atoms with Gasteiger partial charge in [-0.05, 0) is 43.0 Å². The first-order valence-corrected chi connectivity index (χ1v) is 7.77. The van der Waals surface area contributed by atoms with Crippen LogP contribution >= 0.6 is 11.6 Å². The minimum Gasteiger partial charge on any atom is -0.298 e. The van der Waals surface area contributed by atoms with Gasteiger partial charge in [-0.2, -0.15) is 5.48 Å². The second kappa shape index (κ2) is 8.18. The maximum atomic E-state index is 5.97. The van der Waals surface area contributed by atoms with Crippen LogP contribution < -0.4 is 5.48 Å². The summed E-state index contributed by atoms with van der Waals surface area (Å²) in [5.74, 6) is 0. The summed E-state index contributed by atoms with van der Waals surface area (Å²) in [5, 5.41) is 0.750. The maximum absolute atomic E-state index is 5.97. The van der Waals surface area contributed by atoms with Gasteiger partial charge < -0.3 is 0 Å². The molecule has 0 bridgehead atoms.